The quantitative estimate of drug-likeness (QED) is 0.349. The van der Waals surface area contributed by atoms with Gasteiger partial charge in [0.2, 0.25) is 11.8 Å². The fourth-order valence-corrected chi connectivity index (χ4v) is 10.6. The number of hydrogen-bond acceptors (Lipinski definition) is 7. The standard InChI is InChI=1S/C33H44N4O6Si/c1-21-30(44(2,3)42)28(18-29(39)36-16-8-12-25(36)20-38)43-33(21)26-17-23(35-31(40)22-9-7-15-34-19-22)13-14-27(26)37(32(33)41)24-10-5-4-6-11-24/h4-6,10-11,13-14,17,21-22,25,28,30,34,38,42H,7-9,12,15-16,18-20H2,1-3H3,(H,35,40)/t21-,22?,25-,28+,30-,33+/m0/s1. The average Bonchev–Trinajstić information content (AvgIpc) is 3.67. The zero-order chi connectivity index (χ0) is 31.2. The lowest BCUT2D eigenvalue weighted by Crippen LogP contribution is -2.45. The van der Waals surface area contributed by atoms with Gasteiger partial charge in [0.15, 0.2) is 13.9 Å². The minimum absolute atomic E-state index is 0.0172. The highest BCUT2D eigenvalue weighted by molar-refractivity contribution is 6.71. The number of hydrogen-bond donors (Lipinski definition) is 4. The van der Waals surface area contributed by atoms with Crippen LogP contribution in [0.15, 0.2) is 48.5 Å². The Morgan fingerprint density at radius 2 is 1.91 bits per heavy atom. The molecule has 1 unspecified atom stereocenters. The van der Waals surface area contributed by atoms with E-state index in [4.69, 9.17) is 4.74 Å². The summed E-state index contributed by atoms with van der Waals surface area (Å²) in [6, 6.07) is 14.7. The maximum atomic E-state index is 14.7. The van der Waals surface area contributed by atoms with Gasteiger partial charge in [0.1, 0.15) is 0 Å². The van der Waals surface area contributed by atoms with Crippen molar-refractivity contribution < 1.29 is 29.0 Å². The molecule has 0 aromatic heterocycles. The molecular formula is C33H44N4O6Si. The van der Waals surface area contributed by atoms with E-state index in [1.165, 1.54) is 0 Å². The number of para-hydroxylation sites is 1. The Bertz CT molecular complexity index is 1410. The predicted octanol–water partition coefficient (Wildman–Crippen LogP) is 3.47. The van der Waals surface area contributed by atoms with Gasteiger partial charge in [0.05, 0.1) is 36.8 Å². The number of benzene rings is 2. The molecule has 11 heteroatoms. The molecule has 1 spiro atoms. The summed E-state index contributed by atoms with van der Waals surface area (Å²) in [5.41, 5.74) is 0.690. The molecule has 4 aliphatic rings. The van der Waals surface area contributed by atoms with Crippen LogP contribution in [0.25, 0.3) is 0 Å². The van der Waals surface area contributed by atoms with E-state index in [0.717, 1.165) is 32.2 Å². The van der Waals surface area contributed by atoms with Crippen LogP contribution in [-0.4, -0.2) is 79.2 Å². The third kappa shape index (κ3) is 5.28. The van der Waals surface area contributed by atoms with Crippen molar-refractivity contribution in [3.8, 4) is 0 Å². The van der Waals surface area contributed by atoms with Crippen molar-refractivity contribution in [3.63, 3.8) is 0 Å². The van der Waals surface area contributed by atoms with E-state index in [2.05, 4.69) is 10.6 Å². The molecule has 4 N–H and O–H groups in total. The summed E-state index contributed by atoms with van der Waals surface area (Å²) in [4.78, 5) is 56.5. The zero-order valence-electron chi connectivity index (χ0n) is 25.8. The van der Waals surface area contributed by atoms with E-state index in [1.54, 1.807) is 9.80 Å². The number of anilines is 3. The minimum atomic E-state index is -2.98. The molecule has 0 saturated carbocycles. The van der Waals surface area contributed by atoms with Crippen LogP contribution in [0, 0.1) is 11.8 Å². The molecule has 44 heavy (non-hydrogen) atoms. The molecule has 0 radical (unpaired) electrons. The zero-order valence-corrected chi connectivity index (χ0v) is 26.8. The Kier molecular flexibility index (Phi) is 8.44. The maximum Gasteiger partial charge on any atom is 0.268 e. The summed E-state index contributed by atoms with van der Waals surface area (Å²) in [5.74, 6) is -1.05. The first-order chi connectivity index (χ1) is 21.1. The number of likely N-dealkylation sites (tertiary alicyclic amines) is 1. The molecule has 2 aromatic rings. The second kappa shape index (κ2) is 12.0. The summed E-state index contributed by atoms with van der Waals surface area (Å²) in [6.07, 6.45) is 2.66. The molecule has 4 heterocycles. The lowest BCUT2D eigenvalue weighted by molar-refractivity contribution is -0.149. The number of aliphatic hydroxyl groups is 1. The summed E-state index contributed by atoms with van der Waals surface area (Å²) in [7, 11) is -2.98. The van der Waals surface area contributed by atoms with Crippen LogP contribution >= 0.6 is 0 Å². The smallest absolute Gasteiger partial charge is 0.268 e. The van der Waals surface area contributed by atoms with Gasteiger partial charge in [-0.1, -0.05) is 25.1 Å². The van der Waals surface area contributed by atoms with Crippen LogP contribution in [0.3, 0.4) is 0 Å². The van der Waals surface area contributed by atoms with Gasteiger partial charge in [0, 0.05) is 41.5 Å². The topological polar surface area (TPSA) is 131 Å². The van der Waals surface area contributed by atoms with Crippen LogP contribution < -0.4 is 15.5 Å². The molecule has 3 saturated heterocycles. The number of carbonyl (C=O) groups is 3. The molecule has 4 aliphatic heterocycles. The van der Waals surface area contributed by atoms with E-state index in [1.807, 2.05) is 68.5 Å². The van der Waals surface area contributed by atoms with Crippen molar-refractivity contribution in [1.29, 1.82) is 0 Å². The van der Waals surface area contributed by atoms with Crippen LogP contribution in [0.2, 0.25) is 18.6 Å². The first kappa shape index (κ1) is 30.9. The normalized spacial score (nSPS) is 30.2. The molecule has 236 valence electrons. The van der Waals surface area contributed by atoms with E-state index < -0.39 is 31.5 Å². The number of rotatable bonds is 7. The Morgan fingerprint density at radius 1 is 1.14 bits per heavy atom. The van der Waals surface area contributed by atoms with Crippen molar-refractivity contribution >= 4 is 43.1 Å². The number of ether oxygens (including phenoxy) is 1. The maximum absolute atomic E-state index is 14.7. The number of fused-ring (bicyclic) bond motifs is 2. The summed E-state index contributed by atoms with van der Waals surface area (Å²) >= 11 is 0. The van der Waals surface area contributed by atoms with E-state index in [0.29, 0.717) is 35.7 Å². The first-order valence-corrected chi connectivity index (χ1v) is 18.9. The number of piperidine rings is 1. The van der Waals surface area contributed by atoms with Gasteiger partial charge in [0.25, 0.3) is 5.91 Å². The molecule has 0 aliphatic carbocycles. The van der Waals surface area contributed by atoms with Crippen LogP contribution in [0.5, 0.6) is 0 Å². The third-order valence-electron chi connectivity index (χ3n) is 10.1. The highest BCUT2D eigenvalue weighted by Gasteiger charge is 2.67. The van der Waals surface area contributed by atoms with Gasteiger partial charge in [-0.05, 0) is 75.7 Å². The molecule has 10 nitrogen and oxygen atoms in total. The fourth-order valence-electron chi connectivity index (χ4n) is 8.08. The number of nitrogens with one attached hydrogen (secondary N) is 2. The van der Waals surface area contributed by atoms with Crippen molar-refractivity contribution in [2.75, 3.05) is 36.5 Å². The Hall–Kier alpha value is -3.09. The molecule has 3 amide bonds. The van der Waals surface area contributed by atoms with Gasteiger partial charge >= 0.3 is 0 Å². The van der Waals surface area contributed by atoms with Gasteiger partial charge < -0.3 is 30.2 Å². The summed E-state index contributed by atoms with van der Waals surface area (Å²) in [6.45, 7) is 7.64. The van der Waals surface area contributed by atoms with Crippen molar-refractivity contribution in [2.45, 2.75) is 75.4 Å². The van der Waals surface area contributed by atoms with Gasteiger partial charge in [-0.15, -0.1) is 0 Å². The van der Waals surface area contributed by atoms with Crippen molar-refractivity contribution in [3.05, 3.63) is 54.1 Å². The van der Waals surface area contributed by atoms with E-state index in [-0.39, 0.29) is 42.7 Å². The van der Waals surface area contributed by atoms with E-state index in [9.17, 15) is 24.3 Å². The molecule has 6 rings (SSSR count). The van der Waals surface area contributed by atoms with Crippen molar-refractivity contribution in [2.24, 2.45) is 11.8 Å². The number of amides is 3. The number of aliphatic hydroxyl groups excluding tert-OH is 1. The molecule has 6 atom stereocenters. The van der Waals surface area contributed by atoms with Crippen LogP contribution in [0.1, 0.15) is 44.6 Å². The van der Waals surface area contributed by atoms with Gasteiger partial charge in [-0.3, -0.25) is 19.3 Å². The molecule has 3 fully saturated rings. The average molecular weight is 621 g/mol. The van der Waals surface area contributed by atoms with Crippen LogP contribution in [0.4, 0.5) is 17.1 Å². The number of nitrogens with zero attached hydrogens (tertiary/aromatic N) is 2. The molecular weight excluding hydrogens is 576 g/mol. The summed E-state index contributed by atoms with van der Waals surface area (Å²) in [5, 5.41) is 16.2. The first-order valence-electron chi connectivity index (χ1n) is 15.9. The second-order valence-corrected chi connectivity index (χ2v) is 17.3. The van der Waals surface area contributed by atoms with Crippen LogP contribution in [-0.2, 0) is 24.7 Å². The minimum Gasteiger partial charge on any atom is -0.432 e. The third-order valence-corrected chi connectivity index (χ3v) is 12.6. The highest BCUT2D eigenvalue weighted by atomic mass is 28.4. The lowest BCUT2D eigenvalue weighted by atomic mass is 9.82. The Morgan fingerprint density at radius 3 is 2.59 bits per heavy atom. The largest absolute Gasteiger partial charge is 0.432 e. The summed E-state index contributed by atoms with van der Waals surface area (Å²) < 4.78 is 6.88. The lowest BCUT2D eigenvalue weighted by Gasteiger charge is -2.33. The fraction of sp³-hybridized carbons (Fsp3) is 0.545. The Labute approximate surface area is 259 Å². The monoisotopic (exact) mass is 620 g/mol. The molecule has 0 bridgehead atoms. The Balaban J connectivity index is 1.40. The van der Waals surface area contributed by atoms with Gasteiger partial charge in [-0.2, -0.15) is 0 Å². The SMILES string of the molecule is C[C@H]1[C@H]([Si](C)(C)O)[C@@H](CC(=O)N2CCC[C@H]2CO)O[C@]12C(=O)N(c1ccccc1)c1ccc(NC(=O)C3CCCNC3)cc12. The molecule has 2 aromatic carbocycles. The predicted molar refractivity (Wildman–Crippen MR) is 170 cm³/mol. The second-order valence-electron chi connectivity index (χ2n) is 13.4. The van der Waals surface area contributed by atoms with E-state index >= 15 is 0 Å². The number of carbonyl (C=O) groups excluding carboxylic acids is 3. The highest BCUT2D eigenvalue weighted by Crippen LogP contribution is 2.61. The van der Waals surface area contributed by atoms with Crippen molar-refractivity contribution in [1.82, 2.24) is 10.2 Å². The van der Waals surface area contributed by atoms with Gasteiger partial charge in [-0.25, -0.2) is 0 Å².